The minimum atomic E-state index is -0.549. The second-order valence-corrected chi connectivity index (χ2v) is 3.53. The molecule has 4 nitrogen and oxygen atoms in total. The summed E-state index contributed by atoms with van der Waals surface area (Å²) in [6, 6.07) is 4.43. The van der Waals surface area contributed by atoms with Crippen LogP contribution >= 0.6 is 24.0 Å². The molecule has 0 aliphatic heterocycles. The number of nitrogens with two attached hydrogens (primary N) is 1. The molecule has 0 aromatic heterocycles. The molecular formula is C10H14Cl2N2O2. The maximum atomic E-state index is 11.3. The summed E-state index contributed by atoms with van der Waals surface area (Å²) in [6.45, 7) is 1.61. The van der Waals surface area contributed by atoms with Gasteiger partial charge in [-0.3, -0.25) is 4.79 Å². The van der Waals surface area contributed by atoms with Crippen molar-refractivity contribution >= 4 is 35.6 Å². The maximum Gasteiger partial charge on any atom is 0.241 e. The van der Waals surface area contributed by atoms with E-state index in [9.17, 15) is 4.79 Å². The SMILES string of the molecule is COc1cc(NC(=O)[C@@H](C)N)ccc1Cl.Cl. The fraction of sp³-hybridized carbons (Fsp3) is 0.300. The van der Waals surface area contributed by atoms with Crippen LogP contribution in [-0.4, -0.2) is 19.1 Å². The van der Waals surface area contributed by atoms with E-state index in [0.717, 1.165) is 0 Å². The molecule has 0 aliphatic rings. The number of hydrogen-bond donors (Lipinski definition) is 2. The lowest BCUT2D eigenvalue weighted by molar-refractivity contribution is -0.117. The van der Waals surface area contributed by atoms with Crippen molar-refractivity contribution in [3.05, 3.63) is 23.2 Å². The highest BCUT2D eigenvalue weighted by atomic mass is 35.5. The van der Waals surface area contributed by atoms with Crippen molar-refractivity contribution in [3.63, 3.8) is 0 Å². The Kier molecular flexibility index (Phi) is 6.18. The highest BCUT2D eigenvalue weighted by Crippen LogP contribution is 2.27. The molecular weight excluding hydrogens is 251 g/mol. The number of rotatable bonds is 3. The van der Waals surface area contributed by atoms with Crippen LogP contribution in [0.15, 0.2) is 18.2 Å². The van der Waals surface area contributed by atoms with Crippen LogP contribution in [-0.2, 0) is 4.79 Å². The van der Waals surface area contributed by atoms with Gasteiger partial charge in [-0.05, 0) is 19.1 Å². The number of ether oxygens (including phenoxy) is 1. The van der Waals surface area contributed by atoms with Gasteiger partial charge in [-0.25, -0.2) is 0 Å². The minimum Gasteiger partial charge on any atom is -0.495 e. The molecule has 1 aromatic carbocycles. The summed E-state index contributed by atoms with van der Waals surface area (Å²) >= 11 is 5.83. The molecule has 0 bridgehead atoms. The number of nitrogens with one attached hydrogen (secondary N) is 1. The van der Waals surface area contributed by atoms with Crippen molar-refractivity contribution in [2.45, 2.75) is 13.0 Å². The Bertz CT molecular complexity index is 370. The van der Waals surface area contributed by atoms with E-state index in [4.69, 9.17) is 22.1 Å². The van der Waals surface area contributed by atoms with E-state index in [0.29, 0.717) is 16.5 Å². The number of benzene rings is 1. The van der Waals surface area contributed by atoms with Crippen molar-refractivity contribution in [3.8, 4) is 5.75 Å². The lowest BCUT2D eigenvalue weighted by atomic mass is 10.2. The van der Waals surface area contributed by atoms with Crippen molar-refractivity contribution in [2.24, 2.45) is 5.73 Å². The molecule has 1 rings (SSSR count). The van der Waals surface area contributed by atoms with Gasteiger partial charge in [0.25, 0.3) is 0 Å². The van der Waals surface area contributed by atoms with Crippen LogP contribution in [0, 0.1) is 0 Å². The maximum absolute atomic E-state index is 11.3. The fourth-order valence-corrected chi connectivity index (χ4v) is 1.19. The number of amides is 1. The molecule has 0 spiro atoms. The highest BCUT2D eigenvalue weighted by molar-refractivity contribution is 6.32. The van der Waals surface area contributed by atoms with Gasteiger partial charge in [-0.2, -0.15) is 0 Å². The first-order chi connectivity index (χ1) is 7.04. The normalized spacial score (nSPS) is 11.2. The third kappa shape index (κ3) is 3.89. The Morgan fingerprint density at radius 1 is 1.56 bits per heavy atom. The average Bonchev–Trinajstić information content (AvgIpc) is 2.20. The molecule has 1 aromatic rings. The van der Waals surface area contributed by atoms with Crippen LogP contribution in [0.25, 0.3) is 0 Å². The van der Waals surface area contributed by atoms with Crippen LogP contribution in [0.2, 0.25) is 5.02 Å². The lowest BCUT2D eigenvalue weighted by Crippen LogP contribution is -2.32. The van der Waals surface area contributed by atoms with Gasteiger partial charge in [0.2, 0.25) is 5.91 Å². The molecule has 0 saturated heterocycles. The number of hydrogen-bond acceptors (Lipinski definition) is 3. The first-order valence-corrected chi connectivity index (χ1v) is 4.82. The summed E-state index contributed by atoms with van der Waals surface area (Å²) in [5.74, 6) is 0.263. The van der Waals surface area contributed by atoms with Crippen LogP contribution < -0.4 is 15.8 Å². The molecule has 1 amide bonds. The van der Waals surface area contributed by atoms with Crippen molar-refractivity contribution in [2.75, 3.05) is 12.4 Å². The van der Waals surface area contributed by atoms with E-state index in [-0.39, 0.29) is 18.3 Å². The lowest BCUT2D eigenvalue weighted by Gasteiger charge is -2.09. The Hall–Kier alpha value is -0.970. The zero-order valence-corrected chi connectivity index (χ0v) is 10.6. The van der Waals surface area contributed by atoms with Gasteiger partial charge in [0.1, 0.15) is 5.75 Å². The summed E-state index contributed by atoms with van der Waals surface area (Å²) in [5, 5.41) is 3.14. The van der Waals surface area contributed by atoms with Gasteiger partial charge in [0, 0.05) is 11.8 Å². The fourth-order valence-electron chi connectivity index (χ4n) is 0.994. The van der Waals surface area contributed by atoms with Gasteiger partial charge in [-0.1, -0.05) is 11.6 Å². The van der Waals surface area contributed by atoms with Gasteiger partial charge < -0.3 is 15.8 Å². The monoisotopic (exact) mass is 264 g/mol. The Balaban J connectivity index is 0.00000225. The van der Waals surface area contributed by atoms with E-state index in [1.165, 1.54) is 7.11 Å². The predicted octanol–water partition coefficient (Wildman–Crippen LogP) is 2.06. The smallest absolute Gasteiger partial charge is 0.241 e. The highest BCUT2D eigenvalue weighted by Gasteiger charge is 2.08. The topological polar surface area (TPSA) is 64.3 Å². The molecule has 0 radical (unpaired) electrons. The Morgan fingerprint density at radius 2 is 2.19 bits per heavy atom. The van der Waals surface area contributed by atoms with Gasteiger partial charge in [0.05, 0.1) is 18.2 Å². The van der Waals surface area contributed by atoms with Gasteiger partial charge >= 0.3 is 0 Å². The van der Waals surface area contributed by atoms with E-state index in [2.05, 4.69) is 5.32 Å². The third-order valence-electron chi connectivity index (χ3n) is 1.83. The second-order valence-electron chi connectivity index (χ2n) is 3.13. The van der Waals surface area contributed by atoms with Crippen LogP contribution in [0.4, 0.5) is 5.69 Å². The van der Waals surface area contributed by atoms with Crippen LogP contribution in [0.3, 0.4) is 0 Å². The number of carbonyl (C=O) groups excluding carboxylic acids is 1. The second kappa shape index (κ2) is 6.58. The summed E-state index contributed by atoms with van der Waals surface area (Å²) < 4.78 is 5.01. The molecule has 0 fully saturated rings. The first kappa shape index (κ1) is 15.0. The quantitative estimate of drug-likeness (QED) is 0.879. The standard InChI is InChI=1S/C10H13ClN2O2.ClH/c1-6(12)10(14)13-7-3-4-8(11)9(5-7)15-2;/h3-6H,12H2,1-2H3,(H,13,14);1H/t6-;/m1./s1. The van der Waals surface area contributed by atoms with Crippen molar-refractivity contribution in [1.82, 2.24) is 0 Å². The molecule has 0 unspecified atom stereocenters. The number of anilines is 1. The molecule has 0 saturated carbocycles. The van der Waals surface area contributed by atoms with Crippen LogP contribution in [0.1, 0.15) is 6.92 Å². The molecule has 0 heterocycles. The molecule has 90 valence electrons. The Morgan fingerprint density at radius 3 is 2.69 bits per heavy atom. The van der Waals surface area contributed by atoms with Gasteiger partial charge in [0.15, 0.2) is 0 Å². The average molecular weight is 265 g/mol. The molecule has 16 heavy (non-hydrogen) atoms. The minimum absolute atomic E-state index is 0. The van der Waals surface area contributed by atoms with Crippen molar-refractivity contribution < 1.29 is 9.53 Å². The largest absolute Gasteiger partial charge is 0.495 e. The summed E-state index contributed by atoms with van der Waals surface area (Å²) in [7, 11) is 1.51. The van der Waals surface area contributed by atoms with Crippen molar-refractivity contribution in [1.29, 1.82) is 0 Å². The molecule has 6 heteroatoms. The third-order valence-corrected chi connectivity index (χ3v) is 2.14. The summed E-state index contributed by atoms with van der Waals surface area (Å²) in [4.78, 5) is 11.3. The van der Waals surface area contributed by atoms with E-state index < -0.39 is 6.04 Å². The van der Waals surface area contributed by atoms with Crippen LogP contribution in [0.5, 0.6) is 5.75 Å². The number of methoxy groups -OCH3 is 1. The molecule has 0 aliphatic carbocycles. The number of carbonyl (C=O) groups is 1. The first-order valence-electron chi connectivity index (χ1n) is 4.44. The predicted molar refractivity (Wildman–Crippen MR) is 67.5 cm³/mol. The van der Waals surface area contributed by atoms with E-state index >= 15 is 0 Å². The summed E-state index contributed by atoms with van der Waals surface area (Å²) in [5.41, 5.74) is 6.02. The summed E-state index contributed by atoms with van der Waals surface area (Å²) in [6.07, 6.45) is 0. The zero-order valence-electron chi connectivity index (χ0n) is 8.99. The Labute approximate surface area is 106 Å². The molecule has 1 atom stereocenters. The molecule has 3 N–H and O–H groups in total. The zero-order chi connectivity index (χ0) is 11.4. The van der Waals surface area contributed by atoms with Gasteiger partial charge in [-0.15, -0.1) is 12.4 Å². The number of halogens is 2. The van der Waals surface area contributed by atoms with E-state index in [1.54, 1.807) is 25.1 Å². The van der Waals surface area contributed by atoms with E-state index in [1.807, 2.05) is 0 Å².